The number of hydrogen-bond acceptors (Lipinski definition) is 3. The topological polar surface area (TPSA) is 28.2 Å². The number of nitrogens with zero attached hydrogens (tertiary/aromatic N) is 2. The van der Waals surface area contributed by atoms with Crippen LogP contribution in [0.2, 0.25) is 0 Å². The van der Waals surface area contributed by atoms with Crippen LogP contribution in [-0.2, 0) is 13.1 Å². The second-order valence-corrected chi connectivity index (χ2v) is 5.79. The zero-order valence-electron chi connectivity index (χ0n) is 12.4. The van der Waals surface area contributed by atoms with Gasteiger partial charge in [0.25, 0.3) is 0 Å². The van der Waals surface area contributed by atoms with Crippen molar-refractivity contribution in [2.24, 2.45) is 5.92 Å². The van der Waals surface area contributed by atoms with Gasteiger partial charge in [0.05, 0.1) is 5.69 Å². The molecule has 1 aromatic heterocycles. The van der Waals surface area contributed by atoms with Crippen molar-refractivity contribution in [3.05, 3.63) is 29.6 Å². The third kappa shape index (κ3) is 4.92. The first-order valence-electron chi connectivity index (χ1n) is 7.65. The van der Waals surface area contributed by atoms with Crippen molar-refractivity contribution in [2.45, 2.75) is 46.2 Å². The summed E-state index contributed by atoms with van der Waals surface area (Å²) in [5.41, 5.74) is 2.48. The van der Waals surface area contributed by atoms with E-state index in [4.69, 9.17) is 0 Å². The van der Waals surface area contributed by atoms with E-state index in [-0.39, 0.29) is 0 Å². The smallest absolute Gasteiger partial charge is 0.0544 e. The molecule has 106 valence electrons. The molecule has 1 aliphatic heterocycles. The van der Waals surface area contributed by atoms with Gasteiger partial charge in [-0.25, -0.2) is 0 Å². The van der Waals surface area contributed by atoms with E-state index < -0.39 is 0 Å². The highest BCUT2D eigenvalue weighted by Crippen LogP contribution is 2.17. The normalized spacial score (nSPS) is 17.8. The molecule has 3 heteroatoms. The lowest BCUT2D eigenvalue weighted by atomic mass is 9.99. The van der Waals surface area contributed by atoms with Crippen LogP contribution in [0.4, 0.5) is 0 Å². The van der Waals surface area contributed by atoms with Gasteiger partial charge in [0, 0.05) is 19.3 Å². The van der Waals surface area contributed by atoms with Gasteiger partial charge in [-0.15, -0.1) is 0 Å². The van der Waals surface area contributed by atoms with Crippen molar-refractivity contribution in [1.82, 2.24) is 15.2 Å². The Kier molecular flexibility index (Phi) is 5.80. The quantitative estimate of drug-likeness (QED) is 0.798. The first-order chi connectivity index (χ1) is 9.28. The van der Waals surface area contributed by atoms with Crippen LogP contribution in [0.25, 0.3) is 0 Å². The van der Waals surface area contributed by atoms with Crippen LogP contribution in [-0.4, -0.2) is 29.5 Å². The second kappa shape index (κ2) is 7.61. The molecule has 19 heavy (non-hydrogen) atoms. The molecule has 0 bridgehead atoms. The summed E-state index contributed by atoms with van der Waals surface area (Å²) in [5, 5.41) is 3.41. The Labute approximate surface area is 117 Å². The molecule has 0 atom stereocenters. The molecule has 0 radical (unpaired) electrons. The predicted octanol–water partition coefficient (Wildman–Crippen LogP) is 2.81. The van der Waals surface area contributed by atoms with E-state index >= 15 is 0 Å². The van der Waals surface area contributed by atoms with Crippen LogP contribution in [0.1, 0.15) is 44.4 Å². The minimum atomic E-state index is 0.899. The summed E-state index contributed by atoms with van der Waals surface area (Å²) in [6.45, 7) is 10.0. The van der Waals surface area contributed by atoms with Crippen molar-refractivity contribution in [3.63, 3.8) is 0 Å². The SMILES string of the molecule is CCCNCc1ccc(CN2CCC(C)CC2)nc1. The van der Waals surface area contributed by atoms with E-state index in [9.17, 15) is 0 Å². The molecular formula is C16H27N3. The van der Waals surface area contributed by atoms with Crippen molar-refractivity contribution in [3.8, 4) is 0 Å². The summed E-state index contributed by atoms with van der Waals surface area (Å²) in [5.74, 6) is 0.899. The average molecular weight is 261 g/mol. The first-order valence-corrected chi connectivity index (χ1v) is 7.65. The molecule has 0 amide bonds. The molecule has 1 aromatic rings. The van der Waals surface area contributed by atoms with E-state index in [1.54, 1.807) is 0 Å². The van der Waals surface area contributed by atoms with E-state index in [0.29, 0.717) is 0 Å². The van der Waals surface area contributed by atoms with E-state index in [1.165, 1.54) is 43.6 Å². The highest BCUT2D eigenvalue weighted by atomic mass is 15.1. The molecule has 1 saturated heterocycles. The van der Waals surface area contributed by atoms with Crippen molar-refractivity contribution in [2.75, 3.05) is 19.6 Å². The average Bonchev–Trinajstić information content (AvgIpc) is 2.44. The Hall–Kier alpha value is -0.930. The van der Waals surface area contributed by atoms with Crippen molar-refractivity contribution >= 4 is 0 Å². The van der Waals surface area contributed by atoms with E-state index in [2.05, 4.69) is 41.2 Å². The van der Waals surface area contributed by atoms with Gasteiger partial charge >= 0.3 is 0 Å². The Morgan fingerprint density at radius 2 is 2.11 bits per heavy atom. The fourth-order valence-electron chi connectivity index (χ4n) is 2.51. The summed E-state index contributed by atoms with van der Waals surface area (Å²) >= 11 is 0. The lowest BCUT2D eigenvalue weighted by molar-refractivity contribution is 0.183. The van der Waals surface area contributed by atoms with Crippen LogP contribution in [0.3, 0.4) is 0 Å². The molecule has 1 aliphatic rings. The Bertz CT molecular complexity index is 353. The molecular weight excluding hydrogens is 234 g/mol. The van der Waals surface area contributed by atoms with E-state index in [0.717, 1.165) is 25.6 Å². The number of hydrogen-bond donors (Lipinski definition) is 1. The number of pyridine rings is 1. The van der Waals surface area contributed by atoms with Gasteiger partial charge < -0.3 is 5.32 Å². The lowest BCUT2D eigenvalue weighted by Crippen LogP contribution is -2.32. The highest BCUT2D eigenvalue weighted by molar-refractivity contribution is 5.14. The highest BCUT2D eigenvalue weighted by Gasteiger charge is 2.15. The molecule has 1 fully saturated rings. The lowest BCUT2D eigenvalue weighted by Gasteiger charge is -2.29. The van der Waals surface area contributed by atoms with Crippen molar-refractivity contribution in [1.29, 1.82) is 0 Å². The number of nitrogens with one attached hydrogen (secondary N) is 1. The van der Waals surface area contributed by atoms with E-state index in [1.807, 2.05) is 6.20 Å². The Balaban J connectivity index is 1.78. The molecule has 0 unspecified atom stereocenters. The minimum absolute atomic E-state index is 0.899. The van der Waals surface area contributed by atoms with Gasteiger partial charge in [-0.3, -0.25) is 9.88 Å². The summed E-state index contributed by atoms with van der Waals surface area (Å²) < 4.78 is 0. The van der Waals surface area contributed by atoms with Crippen LogP contribution in [0.5, 0.6) is 0 Å². The molecule has 0 spiro atoms. The molecule has 1 N–H and O–H groups in total. The number of aromatic nitrogens is 1. The van der Waals surface area contributed by atoms with Crippen LogP contribution in [0.15, 0.2) is 18.3 Å². The van der Waals surface area contributed by atoms with Gasteiger partial charge in [-0.05, 0) is 56.4 Å². The monoisotopic (exact) mass is 261 g/mol. The largest absolute Gasteiger partial charge is 0.313 e. The summed E-state index contributed by atoms with van der Waals surface area (Å²) in [6, 6.07) is 4.39. The minimum Gasteiger partial charge on any atom is -0.313 e. The number of likely N-dealkylation sites (tertiary alicyclic amines) is 1. The maximum atomic E-state index is 4.59. The fraction of sp³-hybridized carbons (Fsp3) is 0.688. The first kappa shape index (κ1) is 14.5. The maximum absolute atomic E-state index is 4.59. The van der Waals surface area contributed by atoms with Crippen LogP contribution < -0.4 is 5.32 Å². The van der Waals surface area contributed by atoms with Crippen LogP contribution in [0, 0.1) is 5.92 Å². The second-order valence-electron chi connectivity index (χ2n) is 5.79. The Morgan fingerprint density at radius 1 is 1.32 bits per heavy atom. The molecule has 0 aromatic carbocycles. The summed E-state index contributed by atoms with van der Waals surface area (Å²) in [4.78, 5) is 7.11. The molecule has 0 saturated carbocycles. The van der Waals surface area contributed by atoms with Gasteiger partial charge in [0.15, 0.2) is 0 Å². The zero-order valence-corrected chi connectivity index (χ0v) is 12.4. The number of rotatable bonds is 6. The maximum Gasteiger partial charge on any atom is 0.0544 e. The molecule has 2 rings (SSSR count). The standard InChI is InChI=1S/C16H27N3/c1-3-8-17-11-15-4-5-16(18-12-15)13-19-9-6-14(2)7-10-19/h4-5,12,14,17H,3,6-11,13H2,1-2H3. The van der Waals surface area contributed by atoms with Gasteiger partial charge in [-0.1, -0.05) is 19.9 Å². The summed E-state index contributed by atoms with van der Waals surface area (Å²) in [6.07, 6.45) is 5.86. The third-order valence-electron chi connectivity index (χ3n) is 3.90. The summed E-state index contributed by atoms with van der Waals surface area (Å²) in [7, 11) is 0. The number of piperidine rings is 1. The van der Waals surface area contributed by atoms with Crippen LogP contribution >= 0.6 is 0 Å². The van der Waals surface area contributed by atoms with Crippen molar-refractivity contribution < 1.29 is 0 Å². The fourth-order valence-corrected chi connectivity index (χ4v) is 2.51. The third-order valence-corrected chi connectivity index (χ3v) is 3.90. The molecule has 0 aliphatic carbocycles. The van der Waals surface area contributed by atoms with Gasteiger partial charge in [0.1, 0.15) is 0 Å². The zero-order chi connectivity index (χ0) is 13.5. The Morgan fingerprint density at radius 3 is 2.74 bits per heavy atom. The van der Waals surface area contributed by atoms with Gasteiger partial charge in [0.2, 0.25) is 0 Å². The predicted molar refractivity (Wildman–Crippen MR) is 79.9 cm³/mol. The van der Waals surface area contributed by atoms with Gasteiger partial charge in [-0.2, -0.15) is 0 Å². The molecule has 3 nitrogen and oxygen atoms in total. The molecule has 2 heterocycles.